The van der Waals surface area contributed by atoms with Gasteiger partial charge in [0.2, 0.25) is 0 Å². The maximum absolute atomic E-state index is 5.41. The number of nitrogens with one attached hydrogen (secondary N) is 2. The predicted molar refractivity (Wildman–Crippen MR) is 135 cm³/mol. The van der Waals surface area contributed by atoms with Gasteiger partial charge in [0.1, 0.15) is 5.75 Å². The molecule has 30 heavy (non-hydrogen) atoms. The molecule has 0 aromatic heterocycles. The van der Waals surface area contributed by atoms with Gasteiger partial charge in [0.05, 0.1) is 7.11 Å². The number of para-hydroxylation sites is 1. The monoisotopic (exact) mass is 523 g/mol. The van der Waals surface area contributed by atoms with E-state index in [0.29, 0.717) is 6.54 Å². The summed E-state index contributed by atoms with van der Waals surface area (Å²) in [5.41, 5.74) is 3.72. The molecule has 0 unspecified atom stereocenters. The Kier molecular flexibility index (Phi) is 10.4. The van der Waals surface area contributed by atoms with Crippen LogP contribution in [0, 0.1) is 0 Å². The number of aliphatic imine (C=N–C) groups is 1. The van der Waals surface area contributed by atoms with Gasteiger partial charge in [-0.25, -0.2) is 0 Å². The van der Waals surface area contributed by atoms with Gasteiger partial charge in [0.15, 0.2) is 5.96 Å². The minimum Gasteiger partial charge on any atom is -0.496 e. The second-order valence-corrected chi connectivity index (χ2v) is 7.49. The van der Waals surface area contributed by atoms with E-state index in [1.807, 2.05) is 18.2 Å². The summed E-state index contributed by atoms with van der Waals surface area (Å²) in [5.74, 6) is 1.66. The summed E-state index contributed by atoms with van der Waals surface area (Å²) in [6, 6.07) is 16.9. The molecule has 1 fully saturated rings. The highest BCUT2D eigenvalue weighted by Crippen LogP contribution is 2.16. The number of guanidine groups is 1. The van der Waals surface area contributed by atoms with Crippen molar-refractivity contribution in [3.63, 3.8) is 0 Å². The van der Waals surface area contributed by atoms with E-state index in [-0.39, 0.29) is 24.0 Å². The third-order valence-electron chi connectivity index (χ3n) is 5.35. The summed E-state index contributed by atoms with van der Waals surface area (Å²) in [6.45, 7) is 7.03. The zero-order valence-electron chi connectivity index (χ0n) is 18.2. The lowest BCUT2D eigenvalue weighted by Crippen LogP contribution is -2.43. The first kappa shape index (κ1) is 24.4. The first-order valence-corrected chi connectivity index (χ1v) is 10.2. The molecule has 164 valence electrons. The number of rotatable bonds is 7. The minimum absolute atomic E-state index is 0. The highest BCUT2D eigenvalue weighted by atomic mass is 127. The quantitative estimate of drug-likeness (QED) is 0.332. The molecule has 0 saturated carbocycles. The van der Waals surface area contributed by atoms with Gasteiger partial charge in [-0.15, -0.1) is 24.0 Å². The van der Waals surface area contributed by atoms with Gasteiger partial charge in [0.25, 0.3) is 0 Å². The van der Waals surface area contributed by atoms with Crippen LogP contribution in [0.15, 0.2) is 53.5 Å². The highest BCUT2D eigenvalue weighted by Gasteiger charge is 2.13. The van der Waals surface area contributed by atoms with E-state index < -0.39 is 0 Å². The van der Waals surface area contributed by atoms with Crippen molar-refractivity contribution in [2.45, 2.75) is 19.6 Å². The van der Waals surface area contributed by atoms with E-state index in [0.717, 1.165) is 56.5 Å². The molecule has 0 aliphatic carbocycles. The molecular formula is C23H34IN5O. The molecule has 0 amide bonds. The number of likely N-dealkylation sites (N-methyl/N-ethyl adjacent to an activating group) is 1. The van der Waals surface area contributed by atoms with Gasteiger partial charge in [0, 0.05) is 58.4 Å². The molecule has 1 aliphatic heterocycles. The maximum atomic E-state index is 5.41. The van der Waals surface area contributed by atoms with Crippen molar-refractivity contribution in [2.75, 3.05) is 47.4 Å². The second-order valence-electron chi connectivity index (χ2n) is 7.49. The molecular weight excluding hydrogens is 489 g/mol. The van der Waals surface area contributed by atoms with E-state index in [2.05, 4.69) is 62.8 Å². The third kappa shape index (κ3) is 7.45. The Morgan fingerprint density at radius 3 is 2.23 bits per heavy atom. The minimum atomic E-state index is 0. The number of hydrogen-bond donors (Lipinski definition) is 2. The van der Waals surface area contributed by atoms with Crippen LogP contribution >= 0.6 is 24.0 Å². The Balaban J connectivity index is 0.00000320. The molecule has 1 saturated heterocycles. The first-order chi connectivity index (χ1) is 14.2. The largest absolute Gasteiger partial charge is 0.496 e. The number of ether oxygens (including phenoxy) is 1. The SMILES string of the molecule is CN=C(NCc1ccc(CN2CCN(C)CC2)cc1)NCc1ccccc1OC.I. The highest BCUT2D eigenvalue weighted by molar-refractivity contribution is 14.0. The van der Waals surface area contributed by atoms with Crippen LogP contribution in [0.5, 0.6) is 5.75 Å². The Labute approximate surface area is 197 Å². The van der Waals surface area contributed by atoms with Gasteiger partial charge in [-0.1, -0.05) is 42.5 Å². The van der Waals surface area contributed by atoms with Gasteiger partial charge >= 0.3 is 0 Å². The van der Waals surface area contributed by atoms with Crippen LogP contribution in [0.25, 0.3) is 0 Å². The summed E-state index contributed by atoms with van der Waals surface area (Å²) < 4.78 is 5.41. The van der Waals surface area contributed by atoms with Crippen LogP contribution in [0.3, 0.4) is 0 Å². The van der Waals surface area contributed by atoms with Gasteiger partial charge in [-0.3, -0.25) is 9.89 Å². The molecule has 3 rings (SSSR count). The van der Waals surface area contributed by atoms with Crippen molar-refractivity contribution in [1.82, 2.24) is 20.4 Å². The fourth-order valence-electron chi connectivity index (χ4n) is 3.46. The standard InChI is InChI=1S/C23H33N5O.HI/c1-24-23(26-17-21-6-4-5-7-22(21)29-3)25-16-19-8-10-20(11-9-19)18-28-14-12-27(2)13-15-28;/h4-11H,12-18H2,1-3H3,(H2,24,25,26);1H. The van der Waals surface area contributed by atoms with Crippen LogP contribution in [-0.4, -0.2) is 63.1 Å². The molecule has 7 heteroatoms. The molecule has 1 aliphatic rings. The molecule has 0 bridgehead atoms. The normalized spacial score (nSPS) is 15.4. The van der Waals surface area contributed by atoms with E-state index in [1.54, 1.807) is 14.2 Å². The summed E-state index contributed by atoms with van der Waals surface area (Å²) in [5, 5.41) is 6.73. The van der Waals surface area contributed by atoms with Crippen molar-refractivity contribution < 1.29 is 4.74 Å². The Morgan fingerprint density at radius 1 is 0.933 bits per heavy atom. The van der Waals surface area contributed by atoms with Crippen molar-refractivity contribution in [3.8, 4) is 5.75 Å². The zero-order valence-corrected chi connectivity index (χ0v) is 20.6. The van der Waals surface area contributed by atoms with Crippen LogP contribution < -0.4 is 15.4 Å². The predicted octanol–water partition coefficient (Wildman–Crippen LogP) is 2.93. The fraction of sp³-hybridized carbons (Fsp3) is 0.435. The molecule has 0 radical (unpaired) electrons. The summed E-state index contributed by atoms with van der Waals surface area (Å²) in [4.78, 5) is 9.23. The van der Waals surface area contributed by atoms with Crippen molar-refractivity contribution >= 4 is 29.9 Å². The number of methoxy groups -OCH3 is 1. The van der Waals surface area contributed by atoms with Crippen molar-refractivity contribution in [3.05, 3.63) is 65.2 Å². The fourth-order valence-corrected chi connectivity index (χ4v) is 3.46. The lowest BCUT2D eigenvalue weighted by molar-refractivity contribution is 0.148. The lowest BCUT2D eigenvalue weighted by atomic mass is 10.1. The number of hydrogen-bond acceptors (Lipinski definition) is 4. The molecule has 1 heterocycles. The first-order valence-electron chi connectivity index (χ1n) is 10.2. The molecule has 0 atom stereocenters. The van der Waals surface area contributed by atoms with E-state index in [4.69, 9.17) is 4.74 Å². The van der Waals surface area contributed by atoms with Crippen LogP contribution in [0.2, 0.25) is 0 Å². The second kappa shape index (κ2) is 12.8. The van der Waals surface area contributed by atoms with Gasteiger partial charge in [-0.05, 0) is 24.2 Å². The number of halogens is 1. The number of piperazine rings is 1. The Bertz CT molecular complexity index is 788. The molecule has 2 N–H and O–H groups in total. The Hall–Kier alpha value is -1.84. The van der Waals surface area contributed by atoms with Crippen LogP contribution in [-0.2, 0) is 19.6 Å². The van der Waals surface area contributed by atoms with Crippen LogP contribution in [0.4, 0.5) is 0 Å². The van der Waals surface area contributed by atoms with Crippen LogP contribution in [0.1, 0.15) is 16.7 Å². The summed E-state index contributed by atoms with van der Waals surface area (Å²) in [7, 11) is 5.67. The summed E-state index contributed by atoms with van der Waals surface area (Å²) >= 11 is 0. The van der Waals surface area contributed by atoms with E-state index in [1.165, 1.54) is 11.1 Å². The number of nitrogens with zero attached hydrogens (tertiary/aromatic N) is 3. The van der Waals surface area contributed by atoms with Crippen molar-refractivity contribution in [1.29, 1.82) is 0 Å². The molecule has 2 aromatic rings. The third-order valence-corrected chi connectivity index (χ3v) is 5.35. The van der Waals surface area contributed by atoms with Gasteiger partial charge < -0.3 is 20.3 Å². The smallest absolute Gasteiger partial charge is 0.191 e. The molecule has 6 nitrogen and oxygen atoms in total. The molecule has 0 spiro atoms. The lowest BCUT2D eigenvalue weighted by Gasteiger charge is -2.32. The average molecular weight is 523 g/mol. The average Bonchev–Trinajstić information content (AvgIpc) is 2.76. The van der Waals surface area contributed by atoms with E-state index in [9.17, 15) is 0 Å². The Morgan fingerprint density at radius 2 is 1.57 bits per heavy atom. The number of benzene rings is 2. The van der Waals surface area contributed by atoms with E-state index >= 15 is 0 Å². The molecule has 2 aromatic carbocycles. The maximum Gasteiger partial charge on any atom is 0.191 e. The van der Waals surface area contributed by atoms with Crippen molar-refractivity contribution in [2.24, 2.45) is 4.99 Å². The van der Waals surface area contributed by atoms with Gasteiger partial charge in [-0.2, -0.15) is 0 Å². The summed E-state index contributed by atoms with van der Waals surface area (Å²) in [6.07, 6.45) is 0. The zero-order chi connectivity index (χ0) is 20.5. The topological polar surface area (TPSA) is 52.1 Å².